The Hall–Kier alpha value is -2.04. The molecule has 1 unspecified atom stereocenters. The Morgan fingerprint density at radius 1 is 1.23 bits per heavy atom. The van der Waals surface area contributed by atoms with Crippen LogP contribution in [0.4, 0.5) is 0 Å². The molecule has 1 fully saturated rings. The molecule has 26 heavy (non-hydrogen) atoms. The van der Waals surface area contributed by atoms with Crippen molar-refractivity contribution in [2.45, 2.75) is 32.4 Å². The maximum absolute atomic E-state index is 12.8. The van der Waals surface area contributed by atoms with Gasteiger partial charge in [-0.1, -0.05) is 41.9 Å². The summed E-state index contributed by atoms with van der Waals surface area (Å²) in [6.45, 7) is 3.86. The third-order valence-corrected chi connectivity index (χ3v) is 4.78. The van der Waals surface area contributed by atoms with E-state index in [1.807, 2.05) is 60.4 Å². The number of hydrogen-bond donors (Lipinski definition) is 0. The van der Waals surface area contributed by atoms with E-state index in [4.69, 9.17) is 21.1 Å². The highest BCUT2D eigenvalue weighted by molar-refractivity contribution is 6.30. The Bertz CT molecular complexity index is 726. The van der Waals surface area contributed by atoms with Gasteiger partial charge in [-0.15, -0.1) is 0 Å². The number of ether oxygens (including phenoxy) is 2. The first-order chi connectivity index (χ1) is 12.6. The van der Waals surface area contributed by atoms with Crippen LogP contribution in [0.2, 0.25) is 5.02 Å². The van der Waals surface area contributed by atoms with Crippen molar-refractivity contribution >= 4 is 17.5 Å². The molecule has 4 nitrogen and oxygen atoms in total. The van der Waals surface area contributed by atoms with Crippen LogP contribution in [0.25, 0.3) is 0 Å². The lowest BCUT2D eigenvalue weighted by Crippen LogP contribution is -2.39. The van der Waals surface area contributed by atoms with Crippen molar-refractivity contribution in [3.8, 4) is 5.75 Å². The van der Waals surface area contributed by atoms with E-state index in [-0.39, 0.29) is 18.6 Å². The molecule has 138 valence electrons. The summed E-state index contributed by atoms with van der Waals surface area (Å²) in [7, 11) is 0. The zero-order valence-electron chi connectivity index (χ0n) is 15.0. The fourth-order valence-corrected chi connectivity index (χ4v) is 3.17. The molecule has 1 atom stereocenters. The summed E-state index contributed by atoms with van der Waals surface area (Å²) in [4.78, 5) is 14.6. The van der Waals surface area contributed by atoms with Crippen molar-refractivity contribution in [2.75, 3.05) is 19.8 Å². The monoisotopic (exact) mass is 373 g/mol. The van der Waals surface area contributed by atoms with Gasteiger partial charge in [-0.25, -0.2) is 0 Å². The standard InChI is InChI=1S/C21H24ClNO3/c1-16-5-2-3-7-20(16)26-15-21(24)23(14-19-6-4-12-25-19)13-17-8-10-18(22)11-9-17/h2-3,5,7-11,19H,4,6,12-15H2,1H3. The van der Waals surface area contributed by atoms with Gasteiger partial charge in [0.1, 0.15) is 5.75 Å². The van der Waals surface area contributed by atoms with Crippen LogP contribution in [0.1, 0.15) is 24.0 Å². The summed E-state index contributed by atoms with van der Waals surface area (Å²) in [5.74, 6) is 0.697. The van der Waals surface area contributed by atoms with Crippen LogP contribution in [0, 0.1) is 6.92 Å². The number of hydrogen-bond acceptors (Lipinski definition) is 3. The van der Waals surface area contributed by atoms with Gasteiger partial charge < -0.3 is 14.4 Å². The van der Waals surface area contributed by atoms with Gasteiger partial charge in [0.15, 0.2) is 6.61 Å². The lowest BCUT2D eigenvalue weighted by Gasteiger charge is -2.26. The van der Waals surface area contributed by atoms with E-state index in [2.05, 4.69) is 0 Å². The molecule has 5 heteroatoms. The molecule has 1 amide bonds. The van der Waals surface area contributed by atoms with Crippen LogP contribution in [0.15, 0.2) is 48.5 Å². The molecule has 1 saturated heterocycles. The van der Waals surface area contributed by atoms with E-state index in [1.165, 1.54) is 0 Å². The molecule has 0 aromatic heterocycles. The first-order valence-corrected chi connectivity index (χ1v) is 9.32. The number of para-hydroxylation sites is 1. The van der Waals surface area contributed by atoms with Crippen LogP contribution < -0.4 is 4.74 Å². The minimum absolute atomic E-state index is 0.0190. The van der Waals surface area contributed by atoms with Crippen LogP contribution in [0.3, 0.4) is 0 Å². The molecule has 1 heterocycles. The first-order valence-electron chi connectivity index (χ1n) is 8.94. The number of benzene rings is 2. The number of rotatable bonds is 7. The second-order valence-electron chi connectivity index (χ2n) is 6.59. The van der Waals surface area contributed by atoms with Crippen molar-refractivity contribution in [2.24, 2.45) is 0 Å². The third-order valence-electron chi connectivity index (χ3n) is 4.53. The van der Waals surface area contributed by atoms with Gasteiger partial charge in [0, 0.05) is 24.7 Å². The number of carbonyl (C=O) groups excluding carboxylic acids is 1. The molecular formula is C21H24ClNO3. The van der Waals surface area contributed by atoms with Gasteiger partial charge in [-0.05, 0) is 49.1 Å². The van der Waals surface area contributed by atoms with Gasteiger partial charge in [0.2, 0.25) is 0 Å². The van der Waals surface area contributed by atoms with Gasteiger partial charge in [-0.3, -0.25) is 4.79 Å². The molecule has 0 aliphatic carbocycles. The van der Waals surface area contributed by atoms with Crippen molar-refractivity contribution in [3.05, 3.63) is 64.7 Å². The van der Waals surface area contributed by atoms with Crippen LogP contribution >= 0.6 is 11.6 Å². The lowest BCUT2D eigenvalue weighted by atomic mass is 10.2. The van der Waals surface area contributed by atoms with E-state index < -0.39 is 0 Å². The minimum Gasteiger partial charge on any atom is -0.484 e. The number of carbonyl (C=O) groups is 1. The number of amides is 1. The van der Waals surface area contributed by atoms with E-state index >= 15 is 0 Å². The lowest BCUT2D eigenvalue weighted by molar-refractivity contribution is -0.135. The van der Waals surface area contributed by atoms with Crippen LogP contribution in [-0.2, 0) is 16.1 Å². The molecular weight excluding hydrogens is 350 g/mol. The minimum atomic E-state index is -0.0429. The zero-order valence-corrected chi connectivity index (χ0v) is 15.7. The first kappa shape index (κ1) is 18.7. The highest BCUT2D eigenvalue weighted by Gasteiger charge is 2.23. The van der Waals surface area contributed by atoms with E-state index in [1.54, 1.807) is 0 Å². The van der Waals surface area contributed by atoms with Crippen molar-refractivity contribution < 1.29 is 14.3 Å². The SMILES string of the molecule is Cc1ccccc1OCC(=O)N(Cc1ccc(Cl)cc1)CC1CCCO1. The van der Waals surface area contributed by atoms with Gasteiger partial charge in [0.25, 0.3) is 5.91 Å². The smallest absolute Gasteiger partial charge is 0.260 e. The summed E-state index contributed by atoms with van der Waals surface area (Å²) in [6.07, 6.45) is 2.14. The van der Waals surface area contributed by atoms with E-state index in [0.717, 1.165) is 36.3 Å². The molecule has 3 rings (SSSR count). The van der Waals surface area contributed by atoms with Gasteiger partial charge in [-0.2, -0.15) is 0 Å². The quantitative estimate of drug-likeness (QED) is 0.728. The second kappa shape index (κ2) is 9.06. The Labute approximate surface area is 159 Å². The topological polar surface area (TPSA) is 38.8 Å². The van der Waals surface area contributed by atoms with Crippen molar-refractivity contribution in [1.29, 1.82) is 0 Å². The molecule has 0 radical (unpaired) electrons. The average molecular weight is 374 g/mol. The molecule has 1 aliphatic rings. The fraction of sp³-hybridized carbons (Fsp3) is 0.381. The second-order valence-corrected chi connectivity index (χ2v) is 7.03. The average Bonchev–Trinajstić information content (AvgIpc) is 3.15. The maximum Gasteiger partial charge on any atom is 0.260 e. The predicted molar refractivity (Wildman–Crippen MR) is 103 cm³/mol. The van der Waals surface area contributed by atoms with Crippen LogP contribution in [-0.4, -0.2) is 36.7 Å². The Morgan fingerprint density at radius 3 is 2.69 bits per heavy atom. The highest BCUT2D eigenvalue weighted by atomic mass is 35.5. The normalized spacial score (nSPS) is 16.5. The summed E-state index contributed by atoms with van der Waals surface area (Å²) >= 11 is 5.96. The van der Waals surface area contributed by atoms with Crippen molar-refractivity contribution in [1.82, 2.24) is 4.90 Å². The number of halogens is 1. The Morgan fingerprint density at radius 2 is 2.00 bits per heavy atom. The number of nitrogens with zero attached hydrogens (tertiary/aromatic N) is 1. The summed E-state index contributed by atoms with van der Waals surface area (Å²) in [6, 6.07) is 15.3. The van der Waals surface area contributed by atoms with E-state index in [0.29, 0.717) is 18.1 Å². The third kappa shape index (κ3) is 5.23. The van der Waals surface area contributed by atoms with Gasteiger partial charge in [0.05, 0.1) is 6.10 Å². The molecule has 2 aromatic carbocycles. The molecule has 0 N–H and O–H groups in total. The fourth-order valence-electron chi connectivity index (χ4n) is 3.05. The summed E-state index contributed by atoms with van der Waals surface area (Å²) in [5, 5.41) is 0.689. The van der Waals surface area contributed by atoms with Gasteiger partial charge >= 0.3 is 0 Å². The molecule has 0 saturated carbocycles. The molecule has 1 aliphatic heterocycles. The Balaban J connectivity index is 1.65. The molecule has 0 bridgehead atoms. The maximum atomic E-state index is 12.8. The molecule has 0 spiro atoms. The zero-order chi connectivity index (χ0) is 18.4. The summed E-state index contributed by atoms with van der Waals surface area (Å²) in [5.41, 5.74) is 2.06. The van der Waals surface area contributed by atoms with E-state index in [9.17, 15) is 4.79 Å². The Kier molecular flexibility index (Phi) is 6.53. The predicted octanol–water partition coefficient (Wildman–Crippen LogP) is 4.24. The van der Waals surface area contributed by atoms with Crippen molar-refractivity contribution in [3.63, 3.8) is 0 Å². The highest BCUT2D eigenvalue weighted by Crippen LogP contribution is 2.19. The number of aryl methyl sites for hydroxylation is 1. The summed E-state index contributed by atoms with van der Waals surface area (Å²) < 4.78 is 11.5. The molecule has 2 aromatic rings. The largest absolute Gasteiger partial charge is 0.484 e. The van der Waals surface area contributed by atoms with Crippen LogP contribution in [0.5, 0.6) is 5.75 Å².